The molecule has 1 saturated heterocycles. The minimum absolute atomic E-state index is 0.0259. The average molecular weight is 395 g/mol. The number of nitrogens with zero attached hydrogens (tertiary/aromatic N) is 2. The lowest BCUT2D eigenvalue weighted by Gasteiger charge is -2.35. The Balaban J connectivity index is 1.81. The van der Waals surface area contributed by atoms with E-state index in [9.17, 15) is 13.2 Å². The maximum Gasteiger partial charge on any atom is 0.254 e. The first-order chi connectivity index (χ1) is 12.8. The average Bonchev–Trinajstić information content (AvgIpc) is 2.66. The van der Waals surface area contributed by atoms with E-state index < -0.39 is 10.0 Å². The van der Waals surface area contributed by atoms with Crippen molar-refractivity contribution < 1.29 is 17.9 Å². The molecule has 0 aromatic heterocycles. The highest BCUT2D eigenvalue weighted by molar-refractivity contribution is 7.89. The second kappa shape index (κ2) is 8.29. The standard InChI is InChI=1S/C20H30N2O4S/c1-15-13-22(14-16(2)26-15)20(23)17-8-7-11-19(12-17)27(24,25)21(3)18-9-5-4-6-10-18/h7-8,11-12,15-16,18H,4-6,9-10,13-14H2,1-3H3. The van der Waals surface area contributed by atoms with Crippen LogP contribution < -0.4 is 0 Å². The molecule has 2 aliphatic rings. The van der Waals surface area contributed by atoms with Crippen LogP contribution in [0.4, 0.5) is 0 Å². The number of ether oxygens (including phenoxy) is 1. The highest BCUT2D eigenvalue weighted by atomic mass is 32.2. The lowest BCUT2D eigenvalue weighted by atomic mass is 9.96. The van der Waals surface area contributed by atoms with Crippen LogP contribution in [-0.4, -0.2) is 61.9 Å². The van der Waals surface area contributed by atoms with Gasteiger partial charge in [-0.15, -0.1) is 0 Å². The summed E-state index contributed by atoms with van der Waals surface area (Å²) in [6.07, 6.45) is 5.05. The third-order valence-corrected chi connectivity index (χ3v) is 7.46. The molecule has 2 unspecified atom stereocenters. The summed E-state index contributed by atoms with van der Waals surface area (Å²) in [5, 5.41) is 0. The molecule has 1 aromatic rings. The number of rotatable bonds is 4. The maximum atomic E-state index is 13.1. The molecule has 3 rings (SSSR count). The maximum absolute atomic E-state index is 13.1. The van der Waals surface area contributed by atoms with E-state index in [1.165, 1.54) is 16.8 Å². The smallest absolute Gasteiger partial charge is 0.254 e. The largest absolute Gasteiger partial charge is 0.372 e. The predicted molar refractivity (Wildman–Crippen MR) is 104 cm³/mol. The number of carbonyl (C=O) groups excluding carboxylic acids is 1. The molecule has 1 aliphatic carbocycles. The van der Waals surface area contributed by atoms with Crippen LogP contribution >= 0.6 is 0 Å². The van der Waals surface area contributed by atoms with Gasteiger partial charge in [0.05, 0.1) is 17.1 Å². The van der Waals surface area contributed by atoms with Crippen LogP contribution in [0.3, 0.4) is 0 Å². The molecule has 1 aliphatic heterocycles. The SMILES string of the molecule is CC1CN(C(=O)c2cccc(S(=O)(=O)N(C)C3CCCCC3)c2)CC(C)O1. The van der Waals surface area contributed by atoms with E-state index in [0.717, 1.165) is 25.7 Å². The zero-order chi connectivity index (χ0) is 19.6. The summed E-state index contributed by atoms with van der Waals surface area (Å²) in [5.74, 6) is -0.144. The van der Waals surface area contributed by atoms with E-state index in [4.69, 9.17) is 4.74 Å². The molecule has 27 heavy (non-hydrogen) atoms. The Labute approximate surface area is 162 Å². The summed E-state index contributed by atoms with van der Waals surface area (Å²) in [4.78, 5) is 14.8. The molecule has 1 aromatic carbocycles. The Kier molecular flexibility index (Phi) is 6.23. The molecule has 0 bridgehead atoms. The highest BCUT2D eigenvalue weighted by Crippen LogP contribution is 2.27. The van der Waals surface area contributed by atoms with Gasteiger partial charge >= 0.3 is 0 Å². The molecule has 1 saturated carbocycles. The molecule has 1 amide bonds. The van der Waals surface area contributed by atoms with Crippen LogP contribution in [0.5, 0.6) is 0 Å². The number of hydrogen-bond donors (Lipinski definition) is 0. The van der Waals surface area contributed by atoms with Gasteiger partial charge < -0.3 is 9.64 Å². The quantitative estimate of drug-likeness (QED) is 0.788. The topological polar surface area (TPSA) is 66.9 Å². The van der Waals surface area contributed by atoms with Crippen molar-refractivity contribution >= 4 is 15.9 Å². The summed E-state index contributed by atoms with van der Waals surface area (Å²) < 4.78 is 33.3. The lowest BCUT2D eigenvalue weighted by Crippen LogP contribution is -2.48. The Morgan fingerprint density at radius 1 is 1.11 bits per heavy atom. The molecule has 1 heterocycles. The summed E-state index contributed by atoms with van der Waals surface area (Å²) in [5.41, 5.74) is 0.411. The van der Waals surface area contributed by atoms with Crippen molar-refractivity contribution in [3.63, 3.8) is 0 Å². The van der Waals surface area contributed by atoms with Crippen LogP contribution in [0.25, 0.3) is 0 Å². The second-order valence-electron chi connectivity index (χ2n) is 7.81. The van der Waals surface area contributed by atoms with Gasteiger partial charge in [0.2, 0.25) is 10.0 Å². The van der Waals surface area contributed by atoms with E-state index >= 15 is 0 Å². The first kappa shape index (κ1) is 20.3. The fraction of sp³-hybridized carbons (Fsp3) is 0.650. The monoisotopic (exact) mass is 394 g/mol. The van der Waals surface area contributed by atoms with Gasteiger partial charge in [0.15, 0.2) is 0 Å². The van der Waals surface area contributed by atoms with Gasteiger partial charge in [-0.25, -0.2) is 8.42 Å². The number of benzene rings is 1. The molecule has 0 N–H and O–H groups in total. The van der Waals surface area contributed by atoms with Gasteiger partial charge in [0, 0.05) is 31.7 Å². The van der Waals surface area contributed by atoms with Crippen LogP contribution in [0.2, 0.25) is 0 Å². The Morgan fingerprint density at radius 3 is 2.37 bits per heavy atom. The first-order valence-electron chi connectivity index (χ1n) is 9.82. The van der Waals surface area contributed by atoms with Crippen molar-refractivity contribution in [2.75, 3.05) is 20.1 Å². The molecular formula is C20H30N2O4S. The number of hydrogen-bond acceptors (Lipinski definition) is 4. The minimum Gasteiger partial charge on any atom is -0.372 e. The van der Waals surface area contributed by atoms with Crippen molar-refractivity contribution in [2.24, 2.45) is 0 Å². The fourth-order valence-electron chi connectivity index (χ4n) is 4.12. The minimum atomic E-state index is -3.61. The molecule has 0 radical (unpaired) electrons. The third kappa shape index (κ3) is 4.52. The second-order valence-corrected chi connectivity index (χ2v) is 9.81. The number of sulfonamides is 1. The Morgan fingerprint density at radius 2 is 1.74 bits per heavy atom. The fourth-order valence-corrected chi connectivity index (χ4v) is 5.59. The number of carbonyl (C=O) groups is 1. The van der Waals surface area contributed by atoms with Crippen LogP contribution in [-0.2, 0) is 14.8 Å². The summed E-state index contributed by atoms with van der Waals surface area (Å²) in [7, 11) is -1.95. The van der Waals surface area contributed by atoms with Crippen molar-refractivity contribution in [3.8, 4) is 0 Å². The summed E-state index contributed by atoms with van der Waals surface area (Å²) >= 11 is 0. The lowest BCUT2D eigenvalue weighted by molar-refractivity contribution is -0.0586. The van der Waals surface area contributed by atoms with E-state index in [0.29, 0.717) is 18.7 Å². The van der Waals surface area contributed by atoms with Crippen molar-refractivity contribution in [1.29, 1.82) is 0 Å². The molecule has 0 spiro atoms. The zero-order valence-corrected chi connectivity index (χ0v) is 17.2. The van der Waals surface area contributed by atoms with Crippen molar-refractivity contribution in [2.45, 2.75) is 69.1 Å². The third-order valence-electron chi connectivity index (χ3n) is 5.55. The van der Waals surface area contributed by atoms with Crippen LogP contribution in [0.15, 0.2) is 29.2 Å². The molecule has 150 valence electrons. The summed E-state index contributed by atoms with van der Waals surface area (Å²) in [6, 6.07) is 6.48. The van der Waals surface area contributed by atoms with Gasteiger partial charge in [-0.2, -0.15) is 4.31 Å². The normalized spacial score (nSPS) is 25.0. The Bertz CT molecular complexity index is 764. The van der Waals surface area contributed by atoms with Gasteiger partial charge in [0.1, 0.15) is 0 Å². The highest BCUT2D eigenvalue weighted by Gasteiger charge is 2.31. The molecular weight excluding hydrogens is 364 g/mol. The molecule has 7 heteroatoms. The van der Waals surface area contributed by atoms with E-state index in [-0.39, 0.29) is 29.1 Å². The van der Waals surface area contributed by atoms with E-state index in [1.807, 2.05) is 13.8 Å². The zero-order valence-electron chi connectivity index (χ0n) is 16.4. The number of amides is 1. The number of morpholine rings is 1. The predicted octanol–water partition coefficient (Wildman–Crippen LogP) is 2.89. The molecule has 2 atom stereocenters. The van der Waals surface area contributed by atoms with Gasteiger partial charge in [-0.05, 0) is 44.9 Å². The van der Waals surface area contributed by atoms with E-state index in [1.54, 1.807) is 30.1 Å². The molecule has 2 fully saturated rings. The van der Waals surface area contributed by atoms with E-state index in [2.05, 4.69) is 0 Å². The first-order valence-corrected chi connectivity index (χ1v) is 11.3. The van der Waals surface area contributed by atoms with Gasteiger partial charge in [-0.1, -0.05) is 25.3 Å². The van der Waals surface area contributed by atoms with Crippen molar-refractivity contribution in [3.05, 3.63) is 29.8 Å². The molecule has 6 nitrogen and oxygen atoms in total. The van der Waals surface area contributed by atoms with Crippen molar-refractivity contribution in [1.82, 2.24) is 9.21 Å². The van der Waals surface area contributed by atoms with Crippen LogP contribution in [0.1, 0.15) is 56.3 Å². The summed E-state index contributed by atoms with van der Waals surface area (Å²) in [6.45, 7) is 4.91. The van der Waals surface area contributed by atoms with Gasteiger partial charge in [0.25, 0.3) is 5.91 Å². The Hall–Kier alpha value is -1.44. The van der Waals surface area contributed by atoms with Gasteiger partial charge in [-0.3, -0.25) is 4.79 Å². The van der Waals surface area contributed by atoms with Crippen LogP contribution in [0, 0.1) is 0 Å².